The van der Waals surface area contributed by atoms with Crippen molar-refractivity contribution < 1.29 is 33.3 Å². The summed E-state index contributed by atoms with van der Waals surface area (Å²) in [5.41, 5.74) is 1.79. The molecule has 3 aliphatic heterocycles. The number of likely N-dealkylation sites (tertiary alicyclic amines) is 2. The smallest absolute Gasteiger partial charge is 0.414 e. The number of carbonyl (C=O) groups excluding carboxylic acids is 3. The van der Waals surface area contributed by atoms with Crippen molar-refractivity contribution in [3.05, 3.63) is 66.2 Å². The Hall–Kier alpha value is -4.21. The zero-order valence-electron chi connectivity index (χ0n) is 25.3. The van der Waals surface area contributed by atoms with E-state index in [-0.39, 0.29) is 43.5 Å². The zero-order chi connectivity index (χ0) is 30.6. The predicted molar refractivity (Wildman–Crippen MR) is 162 cm³/mol. The third-order valence-electron chi connectivity index (χ3n) is 7.85. The molecule has 0 atom stereocenters. The Kier molecular flexibility index (Phi) is 9.13. The average molecular weight is 592 g/mol. The van der Waals surface area contributed by atoms with E-state index < -0.39 is 5.60 Å². The summed E-state index contributed by atoms with van der Waals surface area (Å²) in [4.78, 5) is 44.0. The summed E-state index contributed by atoms with van der Waals surface area (Å²) >= 11 is 0. The Morgan fingerprint density at radius 1 is 1.00 bits per heavy atom. The molecule has 0 radical (unpaired) electrons. The summed E-state index contributed by atoms with van der Waals surface area (Å²) in [7, 11) is 0. The third-order valence-corrected chi connectivity index (χ3v) is 7.85. The summed E-state index contributed by atoms with van der Waals surface area (Å²) < 4.78 is 23.1. The molecule has 0 spiro atoms. The molecular formula is C33H41N3O7. The highest BCUT2D eigenvalue weighted by Gasteiger charge is 2.36. The number of ether oxygens (including phenoxy) is 4. The lowest BCUT2D eigenvalue weighted by atomic mass is 10.00. The first-order valence-corrected chi connectivity index (χ1v) is 15.0. The molecule has 0 unspecified atom stereocenters. The lowest BCUT2D eigenvalue weighted by Gasteiger charge is -2.40. The van der Waals surface area contributed by atoms with E-state index >= 15 is 0 Å². The molecule has 0 saturated carbocycles. The lowest BCUT2D eigenvalue weighted by molar-refractivity contribution is 0.0126. The molecular weight excluding hydrogens is 550 g/mol. The van der Waals surface area contributed by atoms with Gasteiger partial charge in [0.1, 0.15) is 36.4 Å². The number of benzene rings is 2. The van der Waals surface area contributed by atoms with Crippen LogP contribution in [-0.2, 0) is 16.1 Å². The van der Waals surface area contributed by atoms with Crippen LogP contribution >= 0.6 is 0 Å². The number of piperidine rings is 2. The number of hydrogen-bond donors (Lipinski definition) is 0. The molecule has 0 bridgehead atoms. The standard InChI is InChI=1S/C33H41N3O7/c1-5-20-40-29-21-26(42-25-14-18-35(19-15-25)31(38)43-33(2,3)4)10-11-27(29)30(37)34-16-12-24(13-17-34)36-28-9-7-6-8-23(28)22-41-32(36)39/h5-11,21,24-25H,1,12-20,22H2,2-4H3. The van der Waals surface area contributed by atoms with Crippen molar-refractivity contribution in [3.8, 4) is 11.5 Å². The number of anilines is 1. The van der Waals surface area contributed by atoms with Crippen LogP contribution in [0.1, 0.15) is 62.4 Å². The minimum Gasteiger partial charge on any atom is -0.490 e. The predicted octanol–water partition coefficient (Wildman–Crippen LogP) is 5.79. The first-order valence-electron chi connectivity index (χ1n) is 15.0. The molecule has 2 aromatic rings. The first-order chi connectivity index (χ1) is 20.6. The van der Waals surface area contributed by atoms with E-state index in [9.17, 15) is 14.4 Å². The van der Waals surface area contributed by atoms with Crippen molar-refractivity contribution in [2.45, 2.75) is 70.8 Å². The van der Waals surface area contributed by atoms with Crippen molar-refractivity contribution in [2.75, 3.05) is 37.7 Å². The molecule has 10 heteroatoms. The van der Waals surface area contributed by atoms with E-state index in [0.29, 0.717) is 68.9 Å². The van der Waals surface area contributed by atoms with Crippen LogP contribution in [0.3, 0.4) is 0 Å². The summed E-state index contributed by atoms with van der Waals surface area (Å²) in [5.74, 6) is 0.910. The van der Waals surface area contributed by atoms with Crippen LogP contribution in [0.15, 0.2) is 55.1 Å². The number of rotatable bonds is 7. The van der Waals surface area contributed by atoms with Crippen LogP contribution in [0, 0.1) is 0 Å². The van der Waals surface area contributed by atoms with Crippen LogP contribution in [-0.4, -0.2) is 78.4 Å². The minimum absolute atomic E-state index is 0.0491. The van der Waals surface area contributed by atoms with Crippen LogP contribution in [0.5, 0.6) is 11.5 Å². The largest absolute Gasteiger partial charge is 0.490 e. The molecule has 2 saturated heterocycles. The maximum atomic E-state index is 13.7. The molecule has 5 rings (SSSR count). The van der Waals surface area contributed by atoms with E-state index in [1.807, 2.05) is 45.0 Å². The normalized spacial score (nSPS) is 18.0. The Morgan fingerprint density at radius 2 is 1.70 bits per heavy atom. The fourth-order valence-corrected chi connectivity index (χ4v) is 5.71. The molecule has 3 amide bonds. The summed E-state index contributed by atoms with van der Waals surface area (Å²) in [5, 5.41) is 0. The first kappa shape index (κ1) is 30.3. The van der Waals surface area contributed by atoms with Crippen molar-refractivity contribution in [3.63, 3.8) is 0 Å². The molecule has 0 aliphatic carbocycles. The second-order valence-electron chi connectivity index (χ2n) is 12.1. The van der Waals surface area contributed by atoms with Gasteiger partial charge in [0.15, 0.2) is 0 Å². The van der Waals surface area contributed by atoms with Gasteiger partial charge < -0.3 is 28.7 Å². The number of carbonyl (C=O) groups is 3. The highest BCUT2D eigenvalue weighted by atomic mass is 16.6. The Balaban J connectivity index is 1.20. The van der Waals surface area contributed by atoms with Gasteiger partial charge >= 0.3 is 12.2 Å². The quantitative estimate of drug-likeness (QED) is 0.376. The van der Waals surface area contributed by atoms with E-state index in [1.165, 1.54) is 0 Å². The Labute approximate surface area is 253 Å². The zero-order valence-corrected chi connectivity index (χ0v) is 25.3. The van der Waals surface area contributed by atoms with Gasteiger partial charge in [-0.25, -0.2) is 9.59 Å². The van der Waals surface area contributed by atoms with Gasteiger partial charge in [0.25, 0.3) is 5.91 Å². The van der Waals surface area contributed by atoms with E-state index in [0.717, 1.165) is 11.3 Å². The molecule has 43 heavy (non-hydrogen) atoms. The third kappa shape index (κ3) is 7.24. The van der Waals surface area contributed by atoms with Crippen molar-refractivity contribution in [1.82, 2.24) is 9.80 Å². The van der Waals surface area contributed by atoms with Gasteiger partial charge in [0.05, 0.1) is 11.3 Å². The van der Waals surface area contributed by atoms with Gasteiger partial charge in [-0.3, -0.25) is 9.69 Å². The van der Waals surface area contributed by atoms with Crippen LogP contribution in [0.25, 0.3) is 0 Å². The SMILES string of the molecule is C=CCOc1cc(OC2CCN(C(=O)OC(C)(C)C)CC2)ccc1C(=O)N1CCC(N2C(=O)OCc3ccccc32)CC1. The summed E-state index contributed by atoms with van der Waals surface area (Å²) in [6, 6.07) is 13.0. The molecule has 2 fully saturated rings. The minimum atomic E-state index is -0.533. The maximum absolute atomic E-state index is 13.7. The molecule has 0 aromatic heterocycles. The average Bonchev–Trinajstić information content (AvgIpc) is 2.99. The highest BCUT2D eigenvalue weighted by Crippen LogP contribution is 2.33. The van der Waals surface area contributed by atoms with Gasteiger partial charge in [0.2, 0.25) is 0 Å². The van der Waals surface area contributed by atoms with E-state index in [2.05, 4.69) is 6.58 Å². The van der Waals surface area contributed by atoms with Gasteiger partial charge in [-0.2, -0.15) is 0 Å². The number of hydrogen-bond acceptors (Lipinski definition) is 7. The molecule has 3 aliphatic rings. The molecule has 10 nitrogen and oxygen atoms in total. The Morgan fingerprint density at radius 3 is 2.40 bits per heavy atom. The van der Waals surface area contributed by atoms with Crippen molar-refractivity contribution >= 4 is 23.8 Å². The molecule has 230 valence electrons. The molecule has 0 N–H and O–H groups in total. The monoisotopic (exact) mass is 591 g/mol. The maximum Gasteiger partial charge on any atom is 0.414 e. The fourth-order valence-electron chi connectivity index (χ4n) is 5.71. The number of cyclic esters (lactones) is 1. The van der Waals surface area contributed by atoms with E-state index in [4.69, 9.17) is 18.9 Å². The van der Waals surface area contributed by atoms with Crippen LogP contribution in [0.2, 0.25) is 0 Å². The van der Waals surface area contributed by atoms with Crippen molar-refractivity contribution in [1.29, 1.82) is 0 Å². The van der Waals surface area contributed by atoms with Gasteiger partial charge in [-0.1, -0.05) is 30.9 Å². The molecule has 2 aromatic carbocycles. The van der Waals surface area contributed by atoms with Gasteiger partial charge in [-0.15, -0.1) is 0 Å². The lowest BCUT2D eigenvalue weighted by Crippen LogP contribution is -2.50. The van der Waals surface area contributed by atoms with Crippen LogP contribution < -0.4 is 14.4 Å². The van der Waals surface area contributed by atoms with Crippen molar-refractivity contribution in [2.24, 2.45) is 0 Å². The number of amides is 3. The molecule has 3 heterocycles. The summed E-state index contributed by atoms with van der Waals surface area (Å²) in [6.07, 6.45) is 3.54. The summed E-state index contributed by atoms with van der Waals surface area (Å²) in [6.45, 7) is 11.9. The highest BCUT2D eigenvalue weighted by molar-refractivity contribution is 5.97. The number of nitrogens with zero attached hydrogens (tertiary/aromatic N) is 3. The topological polar surface area (TPSA) is 97.8 Å². The fraction of sp³-hybridized carbons (Fsp3) is 0.485. The van der Waals surface area contributed by atoms with Gasteiger partial charge in [-0.05, 0) is 51.8 Å². The van der Waals surface area contributed by atoms with Gasteiger partial charge in [0, 0.05) is 56.7 Å². The van der Waals surface area contributed by atoms with E-state index in [1.54, 1.807) is 39.0 Å². The number of para-hydroxylation sites is 1. The number of fused-ring (bicyclic) bond motifs is 1. The Bertz CT molecular complexity index is 1340. The van der Waals surface area contributed by atoms with Crippen LogP contribution in [0.4, 0.5) is 15.3 Å². The second kappa shape index (κ2) is 13.0. The second-order valence-corrected chi connectivity index (χ2v) is 12.1.